The minimum absolute atomic E-state index is 0.000329. The van der Waals surface area contributed by atoms with Crippen molar-refractivity contribution >= 4 is 65.1 Å². The first-order chi connectivity index (χ1) is 42.0. The number of H-pyrrole nitrogens is 1. The molecule has 4 heterocycles. The number of amides is 9. The van der Waals surface area contributed by atoms with Crippen LogP contribution in [-0.4, -0.2) is 187 Å². The first-order valence-corrected chi connectivity index (χ1v) is 30.5. The van der Waals surface area contributed by atoms with Gasteiger partial charge in [0.2, 0.25) is 53.2 Å². The molecule has 88 heavy (non-hydrogen) atoms. The number of nitrogens with two attached hydrogens (primary N) is 3. The van der Waals surface area contributed by atoms with Crippen molar-refractivity contribution in [3.8, 4) is 0 Å². The summed E-state index contributed by atoms with van der Waals surface area (Å²) in [5, 5.41) is 37.2. The highest BCUT2D eigenvalue weighted by Crippen LogP contribution is 2.27. The topological polar surface area (TPSA) is 412 Å². The van der Waals surface area contributed by atoms with Gasteiger partial charge in [-0.25, -0.2) is 9.78 Å². The summed E-state index contributed by atoms with van der Waals surface area (Å²) in [5.41, 5.74) is 20.0. The van der Waals surface area contributed by atoms with Gasteiger partial charge in [-0.05, 0) is 79.9 Å². The van der Waals surface area contributed by atoms with Gasteiger partial charge < -0.3 is 79.0 Å². The Kier molecular flexibility index (Phi) is 25.8. The number of aliphatic carboxylic acids is 1. The zero-order valence-corrected chi connectivity index (χ0v) is 51.0. The summed E-state index contributed by atoms with van der Waals surface area (Å²) in [5.74, 6) is -8.49. The standard InChI is InChI=1S/C61H89N15O12/c1-6-7-20-41(62)57(84)74-25-14-22-47(74)55(82)70-43(27-35(2)3)52(79)69-44(30-40-31-65-34-67-40)53(80)72-46(33-77)54(81)68-42(21-13-24-66-61(63)64)51(78)73-50(36(4)5)59(86)75-26-15-23-48(75)56(83)71-45(28-37-16-9-8-10-17-37)58(85)76-32-39-19-12-11-18-38(39)29-49(76)60(87)88/h8-12,16-19,31,34-36,41-50,77H,6-7,13-15,20-30,32-33,62H2,1-5H3,(H,65,67)(H,68,81)(H,69,79)(H,70,82)(H,71,83)(H,72,80)(H,73,78)(H,87,88)(H4,63,64,66)/t41-,42-,43-,44-,45-,46-,47-,48-,49-,50-/m0/s1. The van der Waals surface area contributed by atoms with Crippen molar-refractivity contribution in [2.24, 2.45) is 34.0 Å². The molecule has 2 saturated heterocycles. The molecule has 0 unspecified atom stereocenters. The Morgan fingerprint density at radius 3 is 1.83 bits per heavy atom. The maximum Gasteiger partial charge on any atom is 0.326 e. The number of fused-ring (bicyclic) bond motifs is 1. The molecule has 15 N–H and O–H groups in total. The normalized spacial score (nSPS) is 18.8. The zero-order chi connectivity index (χ0) is 64.2. The maximum absolute atomic E-state index is 14.7. The lowest BCUT2D eigenvalue weighted by atomic mass is 9.92. The predicted molar refractivity (Wildman–Crippen MR) is 324 cm³/mol. The molecule has 480 valence electrons. The lowest BCUT2D eigenvalue weighted by Crippen LogP contribution is -2.62. The number of imidazole rings is 1. The summed E-state index contributed by atoms with van der Waals surface area (Å²) in [7, 11) is 0. The van der Waals surface area contributed by atoms with E-state index in [1.54, 1.807) is 56.3 Å². The average molecular weight is 1220 g/mol. The molecule has 27 heteroatoms. The number of benzene rings is 2. The molecule has 0 spiro atoms. The summed E-state index contributed by atoms with van der Waals surface area (Å²) < 4.78 is 0. The van der Waals surface area contributed by atoms with Gasteiger partial charge >= 0.3 is 5.97 Å². The Hall–Kier alpha value is -8.46. The molecule has 0 bridgehead atoms. The zero-order valence-electron chi connectivity index (χ0n) is 51.0. The number of nitrogens with zero attached hydrogens (tertiary/aromatic N) is 5. The average Bonchev–Trinajstić information content (AvgIpc) is 2.93. The molecule has 0 aliphatic carbocycles. The first kappa shape index (κ1) is 68.7. The lowest BCUT2D eigenvalue weighted by molar-refractivity contribution is -0.153. The number of aromatic amines is 1. The van der Waals surface area contributed by atoms with Crippen LogP contribution in [0.15, 0.2) is 72.1 Å². The monoisotopic (exact) mass is 1220 g/mol. The number of nitrogens with one attached hydrogen (secondary N) is 7. The van der Waals surface area contributed by atoms with E-state index in [9.17, 15) is 58.2 Å². The van der Waals surface area contributed by atoms with Crippen LogP contribution < -0.4 is 49.1 Å². The smallest absolute Gasteiger partial charge is 0.326 e. The van der Waals surface area contributed by atoms with Gasteiger partial charge in [0.05, 0.1) is 19.0 Å². The Bertz CT molecular complexity index is 2920. The van der Waals surface area contributed by atoms with E-state index in [4.69, 9.17) is 17.2 Å². The van der Waals surface area contributed by atoms with Gasteiger partial charge in [0, 0.05) is 57.3 Å². The minimum Gasteiger partial charge on any atom is -0.480 e. The molecule has 2 fully saturated rings. The van der Waals surface area contributed by atoms with E-state index in [1.807, 2.05) is 32.9 Å². The molecule has 27 nitrogen and oxygen atoms in total. The summed E-state index contributed by atoms with van der Waals surface area (Å²) >= 11 is 0. The summed E-state index contributed by atoms with van der Waals surface area (Å²) in [6, 6.07) is 3.96. The molecular weight excluding hydrogens is 1130 g/mol. The number of carbonyl (C=O) groups excluding carboxylic acids is 9. The van der Waals surface area contributed by atoms with Crippen molar-refractivity contribution in [1.82, 2.24) is 56.6 Å². The van der Waals surface area contributed by atoms with Crippen LogP contribution >= 0.6 is 0 Å². The third-order valence-electron chi connectivity index (χ3n) is 16.2. The Balaban J connectivity index is 1.16. The van der Waals surface area contributed by atoms with Gasteiger partial charge in [0.1, 0.15) is 54.4 Å². The van der Waals surface area contributed by atoms with Gasteiger partial charge in [-0.15, -0.1) is 0 Å². The van der Waals surface area contributed by atoms with Crippen molar-refractivity contribution in [1.29, 1.82) is 0 Å². The highest BCUT2D eigenvalue weighted by atomic mass is 16.4. The number of carbonyl (C=O) groups is 10. The second-order valence-electron chi connectivity index (χ2n) is 23.7. The second-order valence-corrected chi connectivity index (χ2v) is 23.7. The lowest BCUT2D eigenvalue weighted by Gasteiger charge is -2.37. The fourth-order valence-electron chi connectivity index (χ4n) is 11.4. The summed E-state index contributed by atoms with van der Waals surface area (Å²) in [6.07, 6.45) is 6.37. The number of hydrogen-bond donors (Lipinski definition) is 12. The fraction of sp³-hybridized carbons (Fsp3) is 0.574. The van der Waals surface area contributed by atoms with Crippen molar-refractivity contribution in [2.75, 3.05) is 26.2 Å². The van der Waals surface area contributed by atoms with Gasteiger partial charge in [-0.1, -0.05) is 102 Å². The summed E-state index contributed by atoms with van der Waals surface area (Å²) in [4.78, 5) is 156. The molecule has 10 atom stereocenters. The van der Waals surface area contributed by atoms with Crippen molar-refractivity contribution in [3.63, 3.8) is 0 Å². The van der Waals surface area contributed by atoms with E-state index >= 15 is 0 Å². The number of aliphatic hydroxyl groups excluding tert-OH is 1. The first-order valence-electron chi connectivity index (χ1n) is 30.5. The van der Waals surface area contributed by atoms with Gasteiger partial charge in [-0.3, -0.25) is 48.1 Å². The molecule has 3 aromatic rings. The molecular formula is C61H89N15O12. The van der Waals surface area contributed by atoms with E-state index < -0.39 is 126 Å². The number of aliphatic imine (C=N–C) groups is 1. The van der Waals surface area contributed by atoms with Crippen LogP contribution in [0.5, 0.6) is 0 Å². The van der Waals surface area contributed by atoms with E-state index in [0.29, 0.717) is 43.5 Å². The third kappa shape index (κ3) is 19.0. The van der Waals surface area contributed by atoms with Gasteiger partial charge in [0.15, 0.2) is 5.96 Å². The quantitative estimate of drug-likeness (QED) is 0.0217. The number of hydrogen-bond acceptors (Lipinski definition) is 14. The third-order valence-corrected chi connectivity index (χ3v) is 16.2. The number of guanidine groups is 1. The maximum atomic E-state index is 14.7. The largest absolute Gasteiger partial charge is 0.480 e. The van der Waals surface area contributed by atoms with E-state index in [1.165, 1.54) is 27.2 Å². The number of carboxylic acids is 1. The number of rotatable bonds is 31. The van der Waals surface area contributed by atoms with E-state index in [0.717, 1.165) is 24.0 Å². The van der Waals surface area contributed by atoms with Crippen molar-refractivity contribution in [2.45, 2.75) is 185 Å². The van der Waals surface area contributed by atoms with Crippen LogP contribution in [0.2, 0.25) is 0 Å². The van der Waals surface area contributed by atoms with Crippen LogP contribution in [-0.2, 0) is 73.8 Å². The number of aromatic nitrogens is 2. The van der Waals surface area contributed by atoms with Crippen molar-refractivity contribution < 1.29 is 58.2 Å². The van der Waals surface area contributed by atoms with Gasteiger partial charge in [0.25, 0.3) is 0 Å². The molecule has 1 aromatic heterocycles. The van der Waals surface area contributed by atoms with Crippen LogP contribution in [0.4, 0.5) is 0 Å². The van der Waals surface area contributed by atoms with Crippen LogP contribution in [0.25, 0.3) is 0 Å². The van der Waals surface area contributed by atoms with Crippen LogP contribution in [0.3, 0.4) is 0 Å². The summed E-state index contributed by atoms with van der Waals surface area (Å²) in [6.45, 7) is 8.50. The van der Waals surface area contributed by atoms with E-state index in [-0.39, 0.29) is 82.4 Å². The second kappa shape index (κ2) is 33.0. The number of unbranched alkanes of at least 4 members (excludes halogenated alkanes) is 1. The van der Waals surface area contributed by atoms with E-state index in [2.05, 4.69) is 46.9 Å². The molecule has 3 aliphatic heterocycles. The molecule has 3 aliphatic rings. The van der Waals surface area contributed by atoms with Crippen LogP contribution in [0.1, 0.15) is 121 Å². The Labute approximate surface area is 512 Å². The number of carboxylic acid groups (broad SMARTS) is 1. The minimum atomic E-state index is -1.72. The number of aliphatic hydroxyl groups is 1. The predicted octanol–water partition coefficient (Wildman–Crippen LogP) is -0.611. The van der Waals surface area contributed by atoms with Gasteiger partial charge in [-0.2, -0.15) is 0 Å². The number of likely N-dealkylation sites (tertiary alicyclic amines) is 2. The highest BCUT2D eigenvalue weighted by Gasteiger charge is 2.44. The van der Waals surface area contributed by atoms with Crippen LogP contribution in [0, 0.1) is 11.8 Å². The molecule has 0 radical (unpaired) electrons. The Morgan fingerprint density at radius 2 is 1.24 bits per heavy atom. The fourth-order valence-corrected chi connectivity index (χ4v) is 11.4. The molecule has 0 saturated carbocycles. The Morgan fingerprint density at radius 1 is 0.659 bits per heavy atom. The van der Waals surface area contributed by atoms with Crippen molar-refractivity contribution in [3.05, 3.63) is 89.5 Å². The molecule has 2 aromatic carbocycles. The SMILES string of the molecule is CCCC[C@H](N)C(=O)N1CCC[C@H]1C(=O)N[C@@H](CC(C)C)C(=O)N[C@@H](Cc1cnc[nH]1)C(=O)N[C@@H](CO)C(=O)N[C@@H](CCCN=C(N)N)C(=O)N[C@H](C(=O)N1CCC[C@H]1C(=O)N[C@@H](Cc1ccccc1)C(=O)N1Cc2ccccc2C[C@H]1C(=O)O)C(C)C. The molecule has 6 rings (SSSR count). The highest BCUT2D eigenvalue weighted by molar-refractivity contribution is 5.99. The molecule has 9 amide bonds.